The molecule has 114 valence electrons. The Bertz CT molecular complexity index is 559. The van der Waals surface area contributed by atoms with Crippen LogP contribution in [0.5, 0.6) is 0 Å². The number of pyridine rings is 1. The van der Waals surface area contributed by atoms with Gasteiger partial charge in [0.2, 0.25) is 0 Å². The third-order valence-corrected chi connectivity index (χ3v) is 3.84. The minimum absolute atomic E-state index is 0. The summed E-state index contributed by atoms with van der Waals surface area (Å²) in [5.41, 5.74) is 2.69. The molecule has 0 fully saturated rings. The Labute approximate surface area is 154 Å². The first-order valence-electron chi connectivity index (χ1n) is 5.95. The number of hydrogen-bond donors (Lipinski definition) is 0. The maximum absolute atomic E-state index is 12.3. The third kappa shape index (κ3) is 5.20. The number of carbonyl (C=O) groups excluding carboxylic acids is 1. The SMILES string of the molecule is Br.Br.CN(C)c1ccc(C(=O)C(Br)c2ccncc2)cc1. The fourth-order valence-electron chi connectivity index (χ4n) is 1.75. The molecular weight excluding hydrogens is 464 g/mol. The first kappa shape index (κ1) is 20.3. The summed E-state index contributed by atoms with van der Waals surface area (Å²) in [6, 6.07) is 11.3. The fraction of sp³-hybridized carbons (Fsp3) is 0.200. The molecule has 0 amide bonds. The van der Waals surface area contributed by atoms with E-state index in [1.165, 1.54) is 0 Å². The van der Waals surface area contributed by atoms with Crippen molar-refractivity contribution in [1.82, 2.24) is 4.98 Å². The normalized spacial score (nSPS) is 10.8. The summed E-state index contributed by atoms with van der Waals surface area (Å²) >= 11 is 3.45. The molecule has 1 aromatic heterocycles. The van der Waals surface area contributed by atoms with E-state index in [1.54, 1.807) is 12.4 Å². The van der Waals surface area contributed by atoms with Crippen LogP contribution in [0.25, 0.3) is 0 Å². The second kappa shape index (κ2) is 9.33. The Kier molecular flexibility index (Phi) is 9.01. The van der Waals surface area contributed by atoms with E-state index in [1.807, 2.05) is 55.4 Å². The maximum Gasteiger partial charge on any atom is 0.180 e. The van der Waals surface area contributed by atoms with E-state index in [0.29, 0.717) is 5.56 Å². The molecule has 3 nitrogen and oxygen atoms in total. The highest BCUT2D eigenvalue weighted by Gasteiger charge is 2.18. The molecule has 0 N–H and O–H groups in total. The molecule has 0 radical (unpaired) electrons. The second-order valence-corrected chi connectivity index (χ2v) is 5.36. The van der Waals surface area contributed by atoms with Gasteiger partial charge in [-0.1, -0.05) is 15.9 Å². The van der Waals surface area contributed by atoms with Gasteiger partial charge in [0.25, 0.3) is 0 Å². The lowest BCUT2D eigenvalue weighted by atomic mass is 10.0. The average molecular weight is 481 g/mol. The van der Waals surface area contributed by atoms with E-state index in [-0.39, 0.29) is 44.6 Å². The summed E-state index contributed by atoms with van der Waals surface area (Å²) in [6.45, 7) is 0. The molecule has 1 heterocycles. The van der Waals surface area contributed by atoms with Gasteiger partial charge in [0.15, 0.2) is 5.78 Å². The lowest BCUT2D eigenvalue weighted by molar-refractivity contribution is 0.0991. The van der Waals surface area contributed by atoms with Gasteiger partial charge < -0.3 is 4.90 Å². The maximum atomic E-state index is 12.3. The summed E-state index contributed by atoms with van der Waals surface area (Å²) in [5.74, 6) is 0.0523. The molecule has 0 saturated carbocycles. The number of aromatic nitrogens is 1. The van der Waals surface area contributed by atoms with E-state index < -0.39 is 0 Å². The Balaban J connectivity index is 0.00000200. The number of hydrogen-bond acceptors (Lipinski definition) is 3. The monoisotopic (exact) mass is 478 g/mol. The van der Waals surface area contributed by atoms with Crippen LogP contribution in [0.15, 0.2) is 48.8 Å². The van der Waals surface area contributed by atoms with Crippen LogP contribution in [-0.2, 0) is 0 Å². The Morgan fingerprint density at radius 3 is 2.05 bits per heavy atom. The van der Waals surface area contributed by atoms with Crippen molar-refractivity contribution in [1.29, 1.82) is 0 Å². The first-order chi connectivity index (χ1) is 9.09. The van der Waals surface area contributed by atoms with Crippen LogP contribution in [0, 0.1) is 0 Å². The number of ketones is 1. The predicted octanol–water partition coefficient (Wildman–Crippen LogP) is 4.62. The van der Waals surface area contributed by atoms with Gasteiger partial charge in [-0.2, -0.15) is 0 Å². The van der Waals surface area contributed by atoms with Crippen LogP contribution in [0.3, 0.4) is 0 Å². The molecule has 0 saturated heterocycles. The summed E-state index contributed by atoms with van der Waals surface area (Å²) < 4.78 is 0. The molecule has 1 atom stereocenters. The number of benzene rings is 1. The van der Waals surface area contributed by atoms with E-state index in [9.17, 15) is 4.79 Å². The highest BCUT2D eigenvalue weighted by Crippen LogP contribution is 2.27. The largest absolute Gasteiger partial charge is 0.378 e. The second-order valence-electron chi connectivity index (χ2n) is 4.45. The van der Waals surface area contributed by atoms with Gasteiger partial charge >= 0.3 is 0 Å². The molecule has 21 heavy (non-hydrogen) atoms. The van der Waals surface area contributed by atoms with Crippen molar-refractivity contribution in [2.75, 3.05) is 19.0 Å². The predicted molar refractivity (Wildman–Crippen MR) is 102 cm³/mol. The van der Waals surface area contributed by atoms with Crippen molar-refractivity contribution >= 4 is 61.4 Å². The van der Waals surface area contributed by atoms with Gasteiger partial charge in [-0.05, 0) is 42.0 Å². The number of alkyl halides is 1. The highest BCUT2D eigenvalue weighted by atomic mass is 79.9. The molecule has 1 unspecified atom stereocenters. The number of rotatable bonds is 4. The zero-order chi connectivity index (χ0) is 13.8. The number of carbonyl (C=O) groups is 1. The fourth-order valence-corrected chi connectivity index (χ4v) is 2.32. The molecular formula is C15H17Br3N2O. The van der Waals surface area contributed by atoms with Crippen molar-refractivity contribution in [2.45, 2.75) is 4.83 Å². The molecule has 6 heteroatoms. The standard InChI is InChI=1S/C15H15BrN2O.2BrH/c1-18(2)13-5-3-12(4-6-13)15(19)14(16)11-7-9-17-10-8-11;;/h3-10,14H,1-2H3;2*1H. The van der Waals surface area contributed by atoms with Gasteiger partial charge in [0.1, 0.15) is 4.83 Å². The van der Waals surface area contributed by atoms with Gasteiger partial charge in [-0.15, -0.1) is 34.0 Å². The number of Topliss-reactive ketones (excluding diaryl/α,β-unsaturated/α-hetero) is 1. The molecule has 0 aliphatic carbocycles. The van der Waals surface area contributed by atoms with Crippen LogP contribution in [0.2, 0.25) is 0 Å². The molecule has 2 rings (SSSR count). The summed E-state index contributed by atoms with van der Waals surface area (Å²) in [4.78, 5) is 18.0. The van der Waals surface area contributed by atoms with E-state index in [4.69, 9.17) is 0 Å². The Hall–Kier alpha value is -0.720. The number of nitrogens with zero attached hydrogens (tertiary/aromatic N) is 2. The number of anilines is 1. The zero-order valence-electron chi connectivity index (χ0n) is 11.7. The first-order valence-corrected chi connectivity index (χ1v) is 6.87. The molecule has 0 aliphatic heterocycles. The molecule has 1 aromatic carbocycles. The van der Waals surface area contributed by atoms with Crippen LogP contribution in [-0.4, -0.2) is 24.9 Å². The third-order valence-electron chi connectivity index (χ3n) is 2.90. The van der Waals surface area contributed by atoms with Crippen molar-refractivity contribution in [2.24, 2.45) is 0 Å². The smallest absolute Gasteiger partial charge is 0.180 e. The van der Waals surface area contributed by atoms with Crippen LogP contribution >= 0.6 is 49.9 Å². The van der Waals surface area contributed by atoms with Crippen LogP contribution in [0.4, 0.5) is 5.69 Å². The van der Waals surface area contributed by atoms with E-state index >= 15 is 0 Å². The minimum atomic E-state index is -0.333. The summed E-state index contributed by atoms with van der Waals surface area (Å²) in [6.07, 6.45) is 3.37. The zero-order valence-corrected chi connectivity index (χ0v) is 16.7. The minimum Gasteiger partial charge on any atom is -0.378 e. The van der Waals surface area contributed by atoms with Crippen molar-refractivity contribution in [3.8, 4) is 0 Å². The quantitative estimate of drug-likeness (QED) is 0.473. The topological polar surface area (TPSA) is 33.2 Å². The van der Waals surface area contributed by atoms with Crippen molar-refractivity contribution in [3.63, 3.8) is 0 Å². The average Bonchev–Trinajstić information content (AvgIpc) is 2.46. The van der Waals surface area contributed by atoms with Gasteiger partial charge in [-0.3, -0.25) is 9.78 Å². The van der Waals surface area contributed by atoms with E-state index in [2.05, 4.69) is 20.9 Å². The van der Waals surface area contributed by atoms with Gasteiger partial charge in [0, 0.05) is 37.7 Å². The number of halogens is 3. The van der Waals surface area contributed by atoms with E-state index in [0.717, 1.165) is 11.3 Å². The Morgan fingerprint density at radius 1 is 1.05 bits per heavy atom. The van der Waals surface area contributed by atoms with Crippen LogP contribution in [0.1, 0.15) is 20.7 Å². The summed E-state index contributed by atoms with van der Waals surface area (Å²) in [5, 5.41) is 0. The lowest BCUT2D eigenvalue weighted by Gasteiger charge is -2.13. The molecule has 0 aliphatic rings. The molecule has 0 bridgehead atoms. The Morgan fingerprint density at radius 2 is 1.57 bits per heavy atom. The highest BCUT2D eigenvalue weighted by molar-refractivity contribution is 9.09. The van der Waals surface area contributed by atoms with Gasteiger partial charge in [0.05, 0.1) is 0 Å². The molecule has 0 spiro atoms. The van der Waals surface area contributed by atoms with Gasteiger partial charge in [-0.25, -0.2) is 0 Å². The molecule has 2 aromatic rings. The van der Waals surface area contributed by atoms with Crippen molar-refractivity contribution < 1.29 is 4.79 Å². The summed E-state index contributed by atoms with van der Waals surface area (Å²) in [7, 11) is 3.95. The van der Waals surface area contributed by atoms with Crippen LogP contribution < -0.4 is 4.90 Å². The van der Waals surface area contributed by atoms with Crippen molar-refractivity contribution in [3.05, 3.63) is 59.9 Å². The lowest BCUT2D eigenvalue weighted by Crippen LogP contribution is -2.10.